The Balaban J connectivity index is -0.00000000500. The van der Waals surface area contributed by atoms with E-state index >= 15 is 0 Å². The van der Waals surface area contributed by atoms with Gasteiger partial charge >= 0.3 is 39.8 Å². The standard InChI is InChI=1S/Al.Ga.Ir.O.4H. The first-order valence-electron chi connectivity index (χ1n) is 0.289. The molecule has 25 valence electrons. The van der Waals surface area contributed by atoms with Crippen molar-refractivity contribution in [2.75, 3.05) is 0 Å². The molecule has 0 heterocycles. The van der Waals surface area contributed by atoms with Gasteiger partial charge in [-0.25, -0.2) is 0 Å². The van der Waals surface area contributed by atoms with Crippen LogP contribution in [0.15, 0.2) is 0 Å². The number of rotatable bonds is 0. The van der Waals surface area contributed by atoms with Crippen LogP contribution in [0.1, 0.15) is 0 Å². The second-order valence-electron chi connectivity index (χ2n) is 0. The van der Waals surface area contributed by atoms with Gasteiger partial charge in [-0.2, -0.15) is 0 Å². The molecule has 0 saturated carbocycles. The third-order valence-electron chi connectivity index (χ3n) is 0. The van der Waals surface area contributed by atoms with Crippen LogP contribution < -0.4 is 0 Å². The molecular weight excluding hydrogens is 305 g/mol. The Hall–Kier alpha value is 1.62. The van der Waals surface area contributed by atoms with E-state index in [1.807, 2.05) is 0 Å². The first kappa shape index (κ1) is 17.5. The van der Waals surface area contributed by atoms with Gasteiger partial charge in [0.15, 0.2) is 0 Å². The summed E-state index contributed by atoms with van der Waals surface area (Å²) in [5, 5.41) is 0. The zero-order valence-corrected chi connectivity index (χ0v) is 5.26. The van der Waals surface area contributed by atoms with Crippen molar-refractivity contribution in [3.8, 4) is 0 Å². The molecule has 1 nitrogen and oxygen atoms in total. The number of hydrogen-bond acceptors (Lipinski definition) is 1. The van der Waals surface area contributed by atoms with Gasteiger partial charge in [0.25, 0.3) is 0 Å². The third kappa shape index (κ3) is 9.47. The van der Waals surface area contributed by atoms with Crippen molar-refractivity contribution in [3.63, 3.8) is 0 Å². The van der Waals surface area contributed by atoms with E-state index in [-0.39, 0.29) is 39.9 Å². The predicted molar refractivity (Wildman–Crippen MR) is 17.8 cm³/mol. The molecule has 0 spiro atoms. The average Bonchev–Trinajstić information content (AvgIpc) is 1.00. The molecule has 0 saturated heterocycles. The Bertz CT molecular complexity index is 8.00. The van der Waals surface area contributed by atoms with Crippen molar-refractivity contribution in [2.24, 2.45) is 0 Å². The molecule has 0 N–H and O–H groups in total. The molecule has 0 aromatic rings. The summed E-state index contributed by atoms with van der Waals surface area (Å²) < 4.78 is 8.28. The fourth-order valence-electron chi connectivity index (χ4n) is 0. The van der Waals surface area contributed by atoms with Gasteiger partial charge in [-0.05, 0) is 0 Å². The molecule has 0 aromatic carbocycles. The van der Waals surface area contributed by atoms with Crippen molar-refractivity contribution in [3.05, 3.63) is 0 Å². The Morgan fingerprint density at radius 1 is 1.25 bits per heavy atom. The van der Waals surface area contributed by atoms with Gasteiger partial charge in [0.1, 0.15) is 0 Å². The van der Waals surface area contributed by atoms with Crippen LogP contribution in [0.5, 0.6) is 0 Å². The molecule has 0 bridgehead atoms. The summed E-state index contributed by atoms with van der Waals surface area (Å²) in [6.45, 7) is 0. The monoisotopic (exact) mass is 309 g/mol. The molecular formula is H4AlGaIrO. The van der Waals surface area contributed by atoms with Crippen LogP contribution in [-0.2, 0) is 23.9 Å². The summed E-state index contributed by atoms with van der Waals surface area (Å²) in [5.74, 6) is 0. The van der Waals surface area contributed by atoms with Gasteiger partial charge < -0.3 is 0 Å². The van der Waals surface area contributed by atoms with Gasteiger partial charge in [0, 0.05) is 20.1 Å². The van der Waals surface area contributed by atoms with Crippen molar-refractivity contribution in [2.45, 2.75) is 0 Å². The molecule has 0 aromatic heterocycles. The van der Waals surface area contributed by atoms with Gasteiger partial charge in [0.2, 0.25) is 0 Å². The Labute approximate surface area is 59.6 Å². The minimum atomic E-state index is 0. The molecule has 4 heteroatoms. The molecule has 0 unspecified atom stereocenters. The molecule has 4 heavy (non-hydrogen) atoms. The SMILES string of the molecule is [GaH3].[Ir].[O]=[AlH]. The zero-order valence-electron chi connectivity index (χ0n) is 1.45. The maximum atomic E-state index is 8.28. The van der Waals surface area contributed by atoms with Crippen LogP contribution in [0.4, 0.5) is 0 Å². The predicted octanol–water partition coefficient (Wildman–Crippen LogP) is -1.95. The first-order valence-corrected chi connectivity index (χ1v) is 0.866. The Kier molecular flexibility index (Phi) is 101. The van der Waals surface area contributed by atoms with E-state index in [9.17, 15) is 0 Å². The quantitative estimate of drug-likeness (QED) is 0.475. The van der Waals surface area contributed by atoms with Crippen LogP contribution in [0.2, 0.25) is 0 Å². The molecule has 0 fully saturated rings. The zero-order chi connectivity index (χ0) is 2.00. The Morgan fingerprint density at radius 2 is 1.25 bits per heavy atom. The molecule has 0 amide bonds. The van der Waals surface area contributed by atoms with Crippen LogP contribution in [0.25, 0.3) is 0 Å². The van der Waals surface area contributed by atoms with Gasteiger partial charge in [-0.15, -0.1) is 0 Å². The summed E-state index contributed by atoms with van der Waals surface area (Å²) in [6.07, 6.45) is 0. The Morgan fingerprint density at radius 3 is 1.25 bits per heavy atom. The van der Waals surface area contributed by atoms with E-state index in [1.165, 1.54) is 0 Å². The van der Waals surface area contributed by atoms with Crippen LogP contribution in [0.3, 0.4) is 0 Å². The van der Waals surface area contributed by atoms with Crippen molar-refractivity contribution in [1.82, 2.24) is 0 Å². The minimum absolute atomic E-state index is 0. The molecule has 0 rings (SSSR count). The molecule has 0 aliphatic rings. The summed E-state index contributed by atoms with van der Waals surface area (Å²) in [4.78, 5) is 0. The first-order chi connectivity index (χ1) is 1.00. The summed E-state index contributed by atoms with van der Waals surface area (Å²) in [5.41, 5.74) is 0. The average molecular weight is 309 g/mol. The fraction of sp³-hybridized carbons (Fsp3) is 0. The van der Waals surface area contributed by atoms with Crippen LogP contribution in [0, 0.1) is 0 Å². The van der Waals surface area contributed by atoms with Crippen molar-refractivity contribution >= 4 is 36.0 Å². The van der Waals surface area contributed by atoms with Crippen LogP contribution in [-0.4, -0.2) is 36.0 Å². The third-order valence-corrected chi connectivity index (χ3v) is 0. The second kappa shape index (κ2) is 23.1. The molecule has 0 atom stereocenters. The van der Waals surface area contributed by atoms with Crippen LogP contribution >= 0.6 is 0 Å². The van der Waals surface area contributed by atoms with Crippen molar-refractivity contribution < 1.29 is 23.9 Å². The van der Waals surface area contributed by atoms with Gasteiger partial charge in [-0.1, -0.05) is 0 Å². The summed E-state index contributed by atoms with van der Waals surface area (Å²) in [7, 11) is 0. The van der Waals surface area contributed by atoms with Crippen molar-refractivity contribution in [1.29, 1.82) is 0 Å². The summed E-state index contributed by atoms with van der Waals surface area (Å²) >= 11 is 0.611. The van der Waals surface area contributed by atoms with E-state index in [4.69, 9.17) is 3.80 Å². The van der Waals surface area contributed by atoms with Gasteiger partial charge in [0.05, 0.1) is 0 Å². The van der Waals surface area contributed by atoms with E-state index in [1.54, 1.807) is 0 Å². The van der Waals surface area contributed by atoms with Gasteiger partial charge in [-0.3, -0.25) is 0 Å². The van der Waals surface area contributed by atoms with E-state index in [0.29, 0.717) is 16.2 Å². The maximum absolute atomic E-state index is 8.28. The van der Waals surface area contributed by atoms with E-state index in [0.717, 1.165) is 0 Å². The fourth-order valence-corrected chi connectivity index (χ4v) is 0. The number of hydrogen-bond donors (Lipinski definition) is 0. The summed E-state index contributed by atoms with van der Waals surface area (Å²) in [6, 6.07) is 0. The van der Waals surface area contributed by atoms with E-state index in [2.05, 4.69) is 0 Å². The second-order valence-corrected chi connectivity index (χ2v) is 0. The topological polar surface area (TPSA) is 17.1 Å². The van der Waals surface area contributed by atoms with E-state index < -0.39 is 0 Å². The normalized spacial score (nSPS) is 0.750. The molecule has 0 aliphatic carbocycles. The molecule has 0 aliphatic heterocycles. The molecule has 1 radical (unpaired) electrons.